The Balaban J connectivity index is 1.02. The van der Waals surface area contributed by atoms with Crippen LogP contribution in [0.2, 0.25) is 5.02 Å². The Morgan fingerprint density at radius 2 is 2.03 bits per heavy atom. The lowest BCUT2D eigenvalue weighted by Crippen LogP contribution is -2.43. The van der Waals surface area contributed by atoms with Crippen LogP contribution in [-0.4, -0.2) is 39.2 Å². The van der Waals surface area contributed by atoms with E-state index in [1.807, 2.05) is 34.1 Å². The number of rotatable bonds is 6. The van der Waals surface area contributed by atoms with E-state index in [2.05, 4.69) is 28.4 Å². The van der Waals surface area contributed by atoms with E-state index in [0.717, 1.165) is 61.2 Å². The molecular weight excluding hydrogens is 500 g/mol. The third-order valence-corrected chi connectivity index (χ3v) is 9.09. The van der Waals surface area contributed by atoms with Crippen molar-refractivity contribution in [2.45, 2.75) is 56.5 Å². The van der Waals surface area contributed by atoms with E-state index < -0.39 is 0 Å². The predicted octanol–water partition coefficient (Wildman–Crippen LogP) is 4.31. The van der Waals surface area contributed by atoms with Gasteiger partial charge in [-0.1, -0.05) is 11.6 Å². The molecule has 3 saturated carbocycles. The molecule has 2 aromatic heterocycles. The lowest BCUT2D eigenvalue weighted by molar-refractivity contribution is -0.118. The summed E-state index contributed by atoms with van der Waals surface area (Å²) in [5, 5.41) is 17.7. The van der Waals surface area contributed by atoms with Gasteiger partial charge in [0.1, 0.15) is 5.82 Å². The smallest absolute Gasteiger partial charge is 0.254 e. The van der Waals surface area contributed by atoms with E-state index in [-0.39, 0.29) is 35.2 Å². The molecule has 2 atom stereocenters. The number of fused-ring (bicyclic) bond motifs is 1. The van der Waals surface area contributed by atoms with Crippen molar-refractivity contribution in [3.8, 4) is 6.07 Å². The van der Waals surface area contributed by atoms with Crippen LogP contribution in [0.3, 0.4) is 0 Å². The molecule has 2 amide bonds. The van der Waals surface area contributed by atoms with Crippen molar-refractivity contribution in [3.05, 3.63) is 75.7 Å². The number of aromatic nitrogens is 3. The van der Waals surface area contributed by atoms with Gasteiger partial charge in [0.2, 0.25) is 5.91 Å². The molecule has 3 aliphatic carbocycles. The zero-order chi connectivity index (χ0) is 26.2. The number of carbonyl (C=O) groups is 2. The maximum Gasteiger partial charge on any atom is 0.254 e. The van der Waals surface area contributed by atoms with E-state index in [1.165, 1.54) is 0 Å². The number of nitrogens with one attached hydrogen (secondary N) is 1. The molecule has 0 radical (unpaired) electrons. The highest BCUT2D eigenvalue weighted by atomic mass is 35.5. The molecule has 1 saturated heterocycles. The van der Waals surface area contributed by atoms with Gasteiger partial charge in [-0.2, -0.15) is 10.4 Å². The average molecular weight is 527 g/mol. The van der Waals surface area contributed by atoms with E-state index in [0.29, 0.717) is 22.1 Å². The van der Waals surface area contributed by atoms with Crippen LogP contribution < -0.4 is 10.2 Å². The van der Waals surface area contributed by atoms with E-state index in [4.69, 9.17) is 11.6 Å². The lowest BCUT2D eigenvalue weighted by Gasteiger charge is -2.36. The highest BCUT2D eigenvalue weighted by Gasteiger charge is 2.53. The van der Waals surface area contributed by atoms with Gasteiger partial charge in [-0.25, -0.2) is 4.98 Å². The quantitative estimate of drug-likeness (QED) is 0.515. The fraction of sp³-hybridized carbons (Fsp3) is 0.414. The zero-order valence-electron chi connectivity index (χ0n) is 21.0. The van der Waals surface area contributed by atoms with E-state index in [1.54, 1.807) is 18.3 Å². The highest BCUT2D eigenvalue weighted by molar-refractivity contribution is 6.30. The van der Waals surface area contributed by atoms with Crippen LogP contribution in [0.15, 0.2) is 42.9 Å². The maximum atomic E-state index is 13.0. The minimum atomic E-state index is -0.298. The van der Waals surface area contributed by atoms with Gasteiger partial charge in [-0.15, -0.1) is 0 Å². The molecule has 0 spiro atoms. The number of nitriles is 1. The summed E-state index contributed by atoms with van der Waals surface area (Å²) in [5.74, 6) is 1.72. The molecule has 9 heteroatoms. The summed E-state index contributed by atoms with van der Waals surface area (Å²) < 4.78 is 1.90. The molecular formula is C29H27ClN6O2. The lowest BCUT2D eigenvalue weighted by atomic mass is 9.74. The predicted molar refractivity (Wildman–Crippen MR) is 141 cm³/mol. The second-order valence-corrected chi connectivity index (χ2v) is 11.7. The van der Waals surface area contributed by atoms with Gasteiger partial charge in [0.25, 0.3) is 5.91 Å². The molecule has 192 valence electrons. The number of amides is 2. The van der Waals surface area contributed by atoms with Gasteiger partial charge >= 0.3 is 0 Å². The Labute approximate surface area is 225 Å². The topological polar surface area (TPSA) is 104 Å². The second-order valence-electron chi connectivity index (χ2n) is 11.3. The first-order chi connectivity index (χ1) is 18.4. The maximum absolute atomic E-state index is 13.0. The first-order valence-corrected chi connectivity index (χ1v) is 13.6. The molecule has 0 bridgehead atoms. The van der Waals surface area contributed by atoms with Crippen LogP contribution >= 0.6 is 11.6 Å². The van der Waals surface area contributed by atoms with Crippen LogP contribution in [0.5, 0.6) is 0 Å². The first-order valence-electron chi connectivity index (χ1n) is 13.2. The van der Waals surface area contributed by atoms with E-state index in [9.17, 15) is 14.9 Å². The monoisotopic (exact) mass is 526 g/mol. The molecule has 0 unspecified atom stereocenters. The number of benzene rings is 1. The summed E-state index contributed by atoms with van der Waals surface area (Å²) in [6.07, 6.45) is 9.77. The van der Waals surface area contributed by atoms with Crippen LogP contribution in [-0.2, 0) is 10.3 Å². The minimum Gasteiger partial charge on any atom is -0.349 e. The molecule has 3 heterocycles. The van der Waals surface area contributed by atoms with Crippen molar-refractivity contribution >= 4 is 29.2 Å². The standard InChI is InChI=1S/C29H27ClN6O2/c1-16-6-26(35-14-19-9-24(19)28(35)38)32-13-25(16)29(4-5-29)36-15-20(12-33-36)27(37)34-22-7-18(8-22)23-10-21(30)3-2-17(23)11-31/h2-3,6,10,12-13,15,18-19,22,24H,4-5,7-9,14H2,1H3,(H,34,37)/t18?,19-,22?,24-/m1/s1. The van der Waals surface area contributed by atoms with Gasteiger partial charge < -0.3 is 5.32 Å². The van der Waals surface area contributed by atoms with Gasteiger partial charge in [0.15, 0.2) is 0 Å². The van der Waals surface area contributed by atoms with Crippen LogP contribution in [0.1, 0.15) is 70.6 Å². The number of hydrogen-bond acceptors (Lipinski definition) is 5. The van der Waals surface area contributed by atoms with Gasteiger partial charge in [-0.3, -0.25) is 19.2 Å². The molecule has 4 fully saturated rings. The molecule has 8 nitrogen and oxygen atoms in total. The summed E-state index contributed by atoms with van der Waals surface area (Å²) in [7, 11) is 0. The average Bonchev–Trinajstić information content (AvgIpc) is 3.77. The molecule has 1 N–H and O–H groups in total. The van der Waals surface area contributed by atoms with Crippen molar-refractivity contribution in [1.29, 1.82) is 5.26 Å². The number of pyridine rings is 1. The Hall–Kier alpha value is -3.70. The summed E-state index contributed by atoms with van der Waals surface area (Å²) >= 11 is 6.14. The molecule has 1 aliphatic heterocycles. The first kappa shape index (κ1) is 23.4. The summed E-state index contributed by atoms with van der Waals surface area (Å²) in [4.78, 5) is 32.0. The Morgan fingerprint density at radius 1 is 1.21 bits per heavy atom. The number of anilines is 1. The largest absolute Gasteiger partial charge is 0.349 e. The molecule has 3 aromatic rings. The SMILES string of the molecule is Cc1cc(N2C[C@H]3C[C@H]3C2=O)ncc1C1(n2cc(C(=O)NC3CC(c4cc(Cl)ccc4C#N)C3)cn2)CC1. The number of hydrogen-bond donors (Lipinski definition) is 1. The number of halogens is 1. The van der Waals surface area contributed by atoms with Gasteiger partial charge in [0, 0.05) is 41.5 Å². The van der Waals surface area contributed by atoms with E-state index >= 15 is 0 Å². The van der Waals surface area contributed by atoms with Crippen molar-refractivity contribution < 1.29 is 9.59 Å². The highest BCUT2D eigenvalue weighted by Crippen LogP contribution is 2.51. The third kappa shape index (κ3) is 3.71. The molecule has 7 rings (SSSR count). The molecule has 1 aromatic carbocycles. The number of aryl methyl sites for hydroxylation is 1. The Morgan fingerprint density at radius 3 is 2.71 bits per heavy atom. The van der Waals surface area contributed by atoms with Gasteiger partial charge in [-0.05, 0) is 86.3 Å². The van der Waals surface area contributed by atoms with Crippen molar-refractivity contribution in [2.75, 3.05) is 11.4 Å². The Bertz CT molecular complexity index is 1530. The summed E-state index contributed by atoms with van der Waals surface area (Å²) in [6.45, 7) is 2.84. The number of piperidine rings is 1. The van der Waals surface area contributed by atoms with Crippen LogP contribution in [0.4, 0.5) is 5.82 Å². The number of nitrogens with zero attached hydrogens (tertiary/aromatic N) is 5. The zero-order valence-corrected chi connectivity index (χ0v) is 21.8. The summed E-state index contributed by atoms with van der Waals surface area (Å²) in [6, 6.07) is 9.64. The van der Waals surface area contributed by atoms with Crippen molar-refractivity contribution in [2.24, 2.45) is 11.8 Å². The second kappa shape index (κ2) is 8.40. The fourth-order valence-corrected chi connectivity index (χ4v) is 6.49. The van der Waals surface area contributed by atoms with Crippen LogP contribution in [0, 0.1) is 30.1 Å². The summed E-state index contributed by atoms with van der Waals surface area (Å²) in [5.41, 5.74) is 4.00. The Kier molecular flexibility index (Phi) is 5.18. The minimum absolute atomic E-state index is 0.0505. The molecule has 38 heavy (non-hydrogen) atoms. The third-order valence-electron chi connectivity index (χ3n) is 8.85. The fourth-order valence-electron chi connectivity index (χ4n) is 6.30. The molecule has 4 aliphatic rings. The van der Waals surface area contributed by atoms with Crippen LogP contribution in [0.25, 0.3) is 0 Å². The van der Waals surface area contributed by atoms with Crippen molar-refractivity contribution in [1.82, 2.24) is 20.1 Å². The van der Waals surface area contributed by atoms with Crippen molar-refractivity contribution in [3.63, 3.8) is 0 Å². The van der Waals surface area contributed by atoms with Gasteiger partial charge in [0.05, 0.1) is 28.9 Å². The normalized spacial score (nSPS) is 26.3. The number of carbonyl (C=O) groups excluding carboxylic acids is 2.